The van der Waals surface area contributed by atoms with Crippen molar-refractivity contribution in [3.63, 3.8) is 0 Å². The van der Waals surface area contributed by atoms with Crippen molar-refractivity contribution < 1.29 is 14.3 Å². The lowest BCUT2D eigenvalue weighted by Crippen LogP contribution is -2.52. The minimum absolute atomic E-state index is 0.00145. The molecule has 1 aliphatic rings. The highest BCUT2D eigenvalue weighted by atomic mass is 16.5. The Labute approximate surface area is 251 Å². The highest BCUT2D eigenvalue weighted by Crippen LogP contribution is 2.29. The zero-order valence-corrected chi connectivity index (χ0v) is 25.5. The van der Waals surface area contributed by atoms with Gasteiger partial charge >= 0.3 is 0 Å². The minimum Gasteiger partial charge on any atom is -0.491 e. The number of carbonyl (C=O) groups excluding carboxylic acids is 1. The SMILES string of the molecule is CCc1nn(Cc2cccc(C)n2)c2cccc(NC(=O)c3cnc4cc(OCC5CN(C(C)(C)C)CCO5)ccn34)c12. The molecule has 6 rings (SSSR count). The number of pyridine rings is 2. The summed E-state index contributed by atoms with van der Waals surface area (Å²) >= 11 is 0. The van der Waals surface area contributed by atoms with Crippen LogP contribution in [0, 0.1) is 6.92 Å². The fraction of sp³-hybridized carbons (Fsp3) is 0.394. The number of hydrogen-bond acceptors (Lipinski definition) is 7. The number of ether oxygens (including phenoxy) is 2. The molecule has 224 valence electrons. The van der Waals surface area contributed by atoms with Gasteiger partial charge in [0.1, 0.15) is 29.8 Å². The molecule has 0 spiro atoms. The predicted molar refractivity (Wildman–Crippen MR) is 167 cm³/mol. The fourth-order valence-corrected chi connectivity index (χ4v) is 5.65. The van der Waals surface area contributed by atoms with Gasteiger partial charge in [-0.3, -0.25) is 23.8 Å². The molecule has 0 bridgehead atoms. The van der Waals surface area contributed by atoms with Crippen LogP contribution < -0.4 is 10.1 Å². The van der Waals surface area contributed by atoms with E-state index in [0.29, 0.717) is 36.8 Å². The van der Waals surface area contributed by atoms with E-state index in [4.69, 9.17) is 14.6 Å². The first-order valence-electron chi connectivity index (χ1n) is 14.9. The largest absolute Gasteiger partial charge is 0.491 e. The van der Waals surface area contributed by atoms with Gasteiger partial charge in [0.2, 0.25) is 0 Å². The van der Waals surface area contributed by atoms with E-state index in [2.05, 4.69) is 47.9 Å². The summed E-state index contributed by atoms with van der Waals surface area (Å²) in [7, 11) is 0. The van der Waals surface area contributed by atoms with E-state index < -0.39 is 0 Å². The molecule has 1 saturated heterocycles. The summed E-state index contributed by atoms with van der Waals surface area (Å²) in [5.74, 6) is 0.441. The predicted octanol–water partition coefficient (Wildman–Crippen LogP) is 5.13. The minimum atomic E-state index is -0.248. The van der Waals surface area contributed by atoms with Crippen LogP contribution in [0.2, 0.25) is 0 Å². The second-order valence-corrected chi connectivity index (χ2v) is 12.0. The first-order chi connectivity index (χ1) is 20.7. The number of amides is 1. The maximum Gasteiger partial charge on any atom is 0.274 e. The second kappa shape index (κ2) is 11.8. The first kappa shape index (κ1) is 28.8. The summed E-state index contributed by atoms with van der Waals surface area (Å²) in [6.45, 7) is 14.2. The van der Waals surface area contributed by atoms with Crippen LogP contribution in [0.15, 0.2) is 60.9 Å². The molecule has 0 saturated carbocycles. The molecule has 1 fully saturated rings. The van der Waals surface area contributed by atoms with Gasteiger partial charge < -0.3 is 14.8 Å². The van der Waals surface area contributed by atoms with Crippen LogP contribution in [0.25, 0.3) is 16.6 Å². The summed E-state index contributed by atoms with van der Waals surface area (Å²) in [5.41, 5.74) is 5.66. The van der Waals surface area contributed by atoms with Gasteiger partial charge in [-0.2, -0.15) is 5.10 Å². The van der Waals surface area contributed by atoms with Gasteiger partial charge in [-0.15, -0.1) is 0 Å². The zero-order valence-electron chi connectivity index (χ0n) is 25.5. The summed E-state index contributed by atoms with van der Waals surface area (Å²) in [6.07, 6.45) is 4.14. The van der Waals surface area contributed by atoms with Crippen LogP contribution in [0.1, 0.15) is 55.3 Å². The van der Waals surface area contributed by atoms with Gasteiger partial charge in [0.05, 0.1) is 41.9 Å². The normalized spacial score (nSPS) is 16.2. The van der Waals surface area contributed by atoms with Crippen molar-refractivity contribution in [1.29, 1.82) is 0 Å². The van der Waals surface area contributed by atoms with Gasteiger partial charge in [-0.1, -0.05) is 19.1 Å². The first-order valence-corrected chi connectivity index (χ1v) is 14.9. The van der Waals surface area contributed by atoms with E-state index in [1.807, 2.05) is 66.3 Å². The number of rotatable bonds is 8. The third kappa shape index (κ3) is 6.11. The van der Waals surface area contributed by atoms with Gasteiger partial charge in [-0.05, 0) is 64.4 Å². The van der Waals surface area contributed by atoms with Crippen molar-refractivity contribution in [2.24, 2.45) is 0 Å². The average Bonchev–Trinajstić information content (AvgIpc) is 3.57. The molecule has 10 nitrogen and oxygen atoms in total. The maximum absolute atomic E-state index is 13.5. The molecular weight excluding hydrogens is 542 g/mol. The van der Waals surface area contributed by atoms with Crippen LogP contribution >= 0.6 is 0 Å². The molecule has 1 N–H and O–H groups in total. The third-order valence-electron chi connectivity index (χ3n) is 7.93. The Balaban J connectivity index is 1.18. The van der Waals surface area contributed by atoms with E-state index in [1.54, 1.807) is 10.6 Å². The molecule has 1 atom stereocenters. The quantitative estimate of drug-likeness (QED) is 0.271. The monoisotopic (exact) mass is 581 g/mol. The average molecular weight is 582 g/mol. The smallest absolute Gasteiger partial charge is 0.274 e. The molecule has 43 heavy (non-hydrogen) atoms. The van der Waals surface area contributed by atoms with Crippen molar-refractivity contribution in [2.75, 3.05) is 31.6 Å². The number of anilines is 1. The molecule has 1 aromatic carbocycles. The van der Waals surface area contributed by atoms with Gasteiger partial charge in [0, 0.05) is 42.0 Å². The topological polar surface area (TPSA) is 98.8 Å². The molecule has 1 unspecified atom stereocenters. The molecule has 5 aromatic rings. The molecule has 5 heterocycles. The van der Waals surface area contributed by atoms with Gasteiger partial charge in [0.15, 0.2) is 0 Å². The Morgan fingerprint density at radius 3 is 2.79 bits per heavy atom. The summed E-state index contributed by atoms with van der Waals surface area (Å²) in [4.78, 5) is 25.1. The summed E-state index contributed by atoms with van der Waals surface area (Å²) < 4.78 is 15.8. The molecule has 4 aromatic heterocycles. The lowest BCUT2D eigenvalue weighted by molar-refractivity contribution is -0.0729. The number of aromatic nitrogens is 5. The molecule has 0 radical (unpaired) electrons. The number of nitrogens with one attached hydrogen (secondary N) is 1. The number of imidazole rings is 1. The van der Waals surface area contributed by atoms with Crippen LogP contribution in [0.4, 0.5) is 5.69 Å². The highest BCUT2D eigenvalue weighted by Gasteiger charge is 2.28. The number of nitrogens with zero attached hydrogens (tertiary/aromatic N) is 6. The number of fused-ring (bicyclic) bond motifs is 2. The molecular formula is C33H39N7O3. The number of benzene rings is 1. The van der Waals surface area contributed by atoms with Crippen molar-refractivity contribution in [2.45, 2.75) is 59.2 Å². The Morgan fingerprint density at radius 2 is 2.00 bits per heavy atom. The lowest BCUT2D eigenvalue weighted by Gasteiger charge is -2.41. The molecule has 10 heteroatoms. The molecule has 0 aliphatic carbocycles. The standard InChI is InChI=1S/C33H39N7O3/c1-6-26-31-27(11-8-12-28(31)40(37-26)19-23-10-7-9-22(2)35-23)36-32(41)29-18-34-30-17-24(13-14-39(29)30)43-21-25-20-38(15-16-42-25)33(3,4)5/h7-14,17-18,25H,6,15-16,19-21H2,1-5H3,(H,36,41). The Kier molecular flexibility index (Phi) is 7.89. The van der Waals surface area contributed by atoms with Crippen LogP contribution in [-0.2, 0) is 17.7 Å². The summed E-state index contributed by atoms with van der Waals surface area (Å²) in [5, 5.41) is 8.93. The fourth-order valence-electron chi connectivity index (χ4n) is 5.65. The van der Waals surface area contributed by atoms with Crippen molar-refractivity contribution in [1.82, 2.24) is 29.0 Å². The van der Waals surface area contributed by atoms with Gasteiger partial charge in [0.25, 0.3) is 5.91 Å². The van der Waals surface area contributed by atoms with E-state index in [1.165, 1.54) is 0 Å². The Bertz CT molecular complexity index is 1770. The Morgan fingerprint density at radius 1 is 1.16 bits per heavy atom. The van der Waals surface area contributed by atoms with Crippen LogP contribution in [-0.4, -0.2) is 72.9 Å². The van der Waals surface area contributed by atoms with E-state index >= 15 is 0 Å². The molecule has 1 aliphatic heterocycles. The van der Waals surface area contributed by atoms with Crippen molar-refractivity contribution in [3.8, 4) is 5.75 Å². The van der Waals surface area contributed by atoms with E-state index in [0.717, 1.165) is 53.2 Å². The number of morpholine rings is 1. The third-order valence-corrected chi connectivity index (χ3v) is 7.93. The zero-order chi connectivity index (χ0) is 30.1. The second-order valence-electron chi connectivity index (χ2n) is 12.0. The Hall–Kier alpha value is -4.28. The highest BCUT2D eigenvalue weighted by molar-refractivity contribution is 6.08. The number of carbonyl (C=O) groups is 1. The number of hydrogen-bond donors (Lipinski definition) is 1. The van der Waals surface area contributed by atoms with E-state index in [-0.39, 0.29) is 17.6 Å². The summed E-state index contributed by atoms with van der Waals surface area (Å²) in [6, 6.07) is 15.6. The van der Waals surface area contributed by atoms with Gasteiger partial charge in [-0.25, -0.2) is 4.98 Å². The van der Waals surface area contributed by atoms with Crippen LogP contribution in [0.3, 0.4) is 0 Å². The number of aryl methyl sites for hydroxylation is 2. The lowest BCUT2D eigenvalue weighted by atomic mass is 10.0. The molecule has 1 amide bonds. The van der Waals surface area contributed by atoms with Crippen LogP contribution in [0.5, 0.6) is 5.75 Å². The van der Waals surface area contributed by atoms with E-state index in [9.17, 15) is 4.79 Å². The van der Waals surface area contributed by atoms with Crippen molar-refractivity contribution >= 4 is 28.1 Å². The van der Waals surface area contributed by atoms with Crippen molar-refractivity contribution in [3.05, 3.63) is 83.7 Å². The maximum atomic E-state index is 13.5.